The third-order valence-corrected chi connectivity index (χ3v) is 4.99. The van der Waals surface area contributed by atoms with E-state index in [4.69, 9.17) is 0 Å². The number of hydrogen-bond acceptors (Lipinski definition) is 4. The number of rotatable bonds is 7. The van der Waals surface area contributed by atoms with Crippen molar-refractivity contribution in [2.45, 2.75) is 18.9 Å². The zero-order chi connectivity index (χ0) is 19.8. The van der Waals surface area contributed by atoms with Gasteiger partial charge in [0.2, 0.25) is 5.91 Å². The number of carbonyl (C=O) groups excluding carboxylic acids is 2. The van der Waals surface area contributed by atoms with Gasteiger partial charge >= 0.3 is 5.97 Å². The second kappa shape index (κ2) is 9.85. The van der Waals surface area contributed by atoms with Crippen LogP contribution in [0, 0.1) is 0 Å². The van der Waals surface area contributed by atoms with E-state index in [-0.39, 0.29) is 17.9 Å². The number of nitrogens with one attached hydrogen (secondary N) is 1. The molecule has 2 aromatic rings. The van der Waals surface area contributed by atoms with Gasteiger partial charge in [-0.3, -0.25) is 9.69 Å². The van der Waals surface area contributed by atoms with Crippen molar-refractivity contribution in [1.82, 2.24) is 10.2 Å². The summed E-state index contributed by atoms with van der Waals surface area (Å²) in [6, 6.07) is 17.5. The van der Waals surface area contributed by atoms with Gasteiger partial charge in [-0.05, 0) is 55.3 Å². The molecule has 0 aliphatic carbocycles. The van der Waals surface area contributed by atoms with E-state index in [0.717, 1.165) is 18.7 Å². The molecule has 1 heterocycles. The normalized spacial score (nSPS) is 15.5. The van der Waals surface area contributed by atoms with Crippen LogP contribution in [-0.4, -0.2) is 43.5 Å². The van der Waals surface area contributed by atoms with Gasteiger partial charge in [-0.25, -0.2) is 4.79 Å². The van der Waals surface area contributed by atoms with Crippen LogP contribution in [0.25, 0.3) is 6.08 Å². The highest BCUT2D eigenvalue weighted by Gasteiger charge is 2.23. The van der Waals surface area contributed by atoms with Gasteiger partial charge in [0.15, 0.2) is 0 Å². The molecule has 0 bridgehead atoms. The predicted octanol–water partition coefficient (Wildman–Crippen LogP) is 3.44. The lowest BCUT2D eigenvalue weighted by Gasteiger charge is -2.28. The molecule has 146 valence electrons. The lowest BCUT2D eigenvalue weighted by Crippen LogP contribution is -2.36. The fourth-order valence-corrected chi connectivity index (χ4v) is 3.46. The molecule has 1 saturated heterocycles. The van der Waals surface area contributed by atoms with Crippen molar-refractivity contribution in [2.75, 3.05) is 26.7 Å². The molecule has 0 saturated carbocycles. The molecule has 0 radical (unpaired) electrons. The standard InChI is InChI=1S/C23H26N2O3/c1-28-23(27)20-12-9-18(10-13-20)11-14-22(26)24-17-21(25-15-5-6-16-25)19-7-3-2-4-8-19/h2-4,7-14,21H,5-6,15-17H2,1H3,(H,24,26)/b14-11+. The Kier molecular flexibility index (Phi) is 6.98. The Labute approximate surface area is 166 Å². The Hall–Kier alpha value is -2.92. The first-order valence-electron chi connectivity index (χ1n) is 9.60. The number of likely N-dealkylation sites (tertiary alicyclic amines) is 1. The van der Waals surface area contributed by atoms with E-state index in [9.17, 15) is 9.59 Å². The summed E-state index contributed by atoms with van der Waals surface area (Å²) >= 11 is 0. The molecule has 3 rings (SSSR count). The van der Waals surface area contributed by atoms with E-state index in [0.29, 0.717) is 12.1 Å². The third-order valence-electron chi connectivity index (χ3n) is 4.99. The smallest absolute Gasteiger partial charge is 0.337 e. The molecule has 1 fully saturated rings. The van der Waals surface area contributed by atoms with Crippen LogP contribution in [0.2, 0.25) is 0 Å². The number of methoxy groups -OCH3 is 1. The van der Waals surface area contributed by atoms with Crippen LogP contribution >= 0.6 is 0 Å². The summed E-state index contributed by atoms with van der Waals surface area (Å²) < 4.78 is 4.68. The Morgan fingerprint density at radius 2 is 1.75 bits per heavy atom. The number of hydrogen-bond donors (Lipinski definition) is 1. The minimum Gasteiger partial charge on any atom is -0.465 e. The molecule has 1 atom stereocenters. The third kappa shape index (κ3) is 5.30. The molecule has 1 unspecified atom stereocenters. The number of amides is 1. The first-order chi connectivity index (χ1) is 13.7. The van der Waals surface area contributed by atoms with Gasteiger partial charge in [0.25, 0.3) is 0 Å². The second-order valence-electron chi connectivity index (χ2n) is 6.86. The number of esters is 1. The van der Waals surface area contributed by atoms with Crippen molar-refractivity contribution in [3.63, 3.8) is 0 Å². The first kappa shape index (κ1) is 19.8. The monoisotopic (exact) mass is 378 g/mol. The highest BCUT2D eigenvalue weighted by molar-refractivity contribution is 5.92. The van der Waals surface area contributed by atoms with Crippen LogP contribution in [0.1, 0.15) is 40.4 Å². The van der Waals surface area contributed by atoms with Crippen LogP contribution < -0.4 is 5.32 Å². The lowest BCUT2D eigenvalue weighted by molar-refractivity contribution is -0.116. The molecule has 1 amide bonds. The van der Waals surface area contributed by atoms with E-state index in [1.807, 2.05) is 18.2 Å². The van der Waals surface area contributed by atoms with Crippen molar-refractivity contribution < 1.29 is 14.3 Å². The van der Waals surface area contributed by atoms with Gasteiger partial charge in [-0.2, -0.15) is 0 Å². The summed E-state index contributed by atoms with van der Waals surface area (Å²) in [4.78, 5) is 26.2. The minimum absolute atomic E-state index is 0.128. The van der Waals surface area contributed by atoms with Crippen molar-refractivity contribution in [3.8, 4) is 0 Å². The maximum atomic E-state index is 12.3. The number of nitrogens with zero attached hydrogens (tertiary/aromatic N) is 1. The maximum absolute atomic E-state index is 12.3. The molecule has 28 heavy (non-hydrogen) atoms. The van der Waals surface area contributed by atoms with Gasteiger partial charge in [0.05, 0.1) is 18.7 Å². The molecule has 0 aromatic heterocycles. The SMILES string of the molecule is COC(=O)c1ccc(/C=C/C(=O)NCC(c2ccccc2)N2CCCC2)cc1. The first-order valence-corrected chi connectivity index (χ1v) is 9.60. The Morgan fingerprint density at radius 1 is 1.07 bits per heavy atom. The largest absolute Gasteiger partial charge is 0.465 e. The van der Waals surface area contributed by atoms with Gasteiger partial charge in [0, 0.05) is 12.6 Å². The summed E-state index contributed by atoms with van der Waals surface area (Å²) in [5.74, 6) is -0.501. The topological polar surface area (TPSA) is 58.6 Å². The van der Waals surface area contributed by atoms with Crippen molar-refractivity contribution in [1.29, 1.82) is 0 Å². The molecule has 2 aromatic carbocycles. The molecule has 5 heteroatoms. The van der Waals surface area contributed by atoms with E-state index >= 15 is 0 Å². The van der Waals surface area contributed by atoms with E-state index in [2.05, 4.69) is 27.1 Å². The highest BCUT2D eigenvalue weighted by Crippen LogP contribution is 2.24. The summed E-state index contributed by atoms with van der Waals surface area (Å²) in [6.45, 7) is 2.71. The van der Waals surface area contributed by atoms with Crippen LogP contribution in [0.15, 0.2) is 60.7 Å². The van der Waals surface area contributed by atoms with Gasteiger partial charge in [-0.15, -0.1) is 0 Å². The highest BCUT2D eigenvalue weighted by atomic mass is 16.5. The Bertz CT molecular complexity index is 810. The summed E-state index contributed by atoms with van der Waals surface area (Å²) in [7, 11) is 1.35. The average Bonchev–Trinajstić information content (AvgIpc) is 3.27. The summed E-state index contributed by atoms with van der Waals surface area (Å²) in [5.41, 5.74) is 2.56. The molecular weight excluding hydrogens is 352 g/mol. The van der Waals surface area contributed by atoms with Crippen LogP contribution in [0.4, 0.5) is 0 Å². The predicted molar refractivity (Wildman–Crippen MR) is 110 cm³/mol. The summed E-state index contributed by atoms with van der Waals surface area (Å²) in [5, 5.41) is 3.03. The van der Waals surface area contributed by atoms with Crippen LogP contribution in [-0.2, 0) is 9.53 Å². The van der Waals surface area contributed by atoms with Gasteiger partial charge in [-0.1, -0.05) is 42.5 Å². The maximum Gasteiger partial charge on any atom is 0.337 e. The van der Waals surface area contributed by atoms with E-state index in [1.54, 1.807) is 30.3 Å². The van der Waals surface area contributed by atoms with Crippen molar-refractivity contribution in [2.24, 2.45) is 0 Å². The second-order valence-corrected chi connectivity index (χ2v) is 6.86. The molecule has 1 N–H and O–H groups in total. The lowest BCUT2D eigenvalue weighted by atomic mass is 10.1. The van der Waals surface area contributed by atoms with Gasteiger partial charge < -0.3 is 10.1 Å². The fraction of sp³-hybridized carbons (Fsp3) is 0.304. The quantitative estimate of drug-likeness (QED) is 0.592. The summed E-state index contributed by atoms with van der Waals surface area (Å²) in [6.07, 6.45) is 5.68. The fourth-order valence-electron chi connectivity index (χ4n) is 3.46. The Balaban J connectivity index is 1.58. The molecule has 5 nitrogen and oxygen atoms in total. The van der Waals surface area contributed by atoms with E-state index in [1.165, 1.54) is 31.6 Å². The average molecular weight is 378 g/mol. The molecule has 0 spiro atoms. The van der Waals surface area contributed by atoms with Crippen LogP contribution in [0.5, 0.6) is 0 Å². The number of ether oxygens (including phenoxy) is 1. The minimum atomic E-state index is -0.373. The van der Waals surface area contributed by atoms with E-state index < -0.39 is 0 Å². The molecule has 1 aliphatic heterocycles. The number of benzene rings is 2. The zero-order valence-corrected chi connectivity index (χ0v) is 16.1. The zero-order valence-electron chi connectivity index (χ0n) is 16.1. The number of carbonyl (C=O) groups is 2. The van der Waals surface area contributed by atoms with Crippen LogP contribution in [0.3, 0.4) is 0 Å². The van der Waals surface area contributed by atoms with Gasteiger partial charge in [0.1, 0.15) is 0 Å². The molecule has 1 aliphatic rings. The molecular formula is C23H26N2O3. The van der Waals surface area contributed by atoms with Crippen molar-refractivity contribution >= 4 is 18.0 Å². The van der Waals surface area contributed by atoms with Crippen molar-refractivity contribution in [3.05, 3.63) is 77.4 Å². The Morgan fingerprint density at radius 3 is 2.39 bits per heavy atom.